The van der Waals surface area contributed by atoms with Crippen LogP contribution in [0.4, 0.5) is 5.82 Å². The van der Waals surface area contributed by atoms with Crippen molar-refractivity contribution in [1.29, 1.82) is 0 Å². The monoisotopic (exact) mass is 509 g/mol. The van der Waals surface area contributed by atoms with Crippen molar-refractivity contribution in [3.8, 4) is 0 Å². The van der Waals surface area contributed by atoms with Crippen LogP contribution in [0, 0.1) is 0 Å². The van der Waals surface area contributed by atoms with Crippen LogP contribution in [0.1, 0.15) is 22.8 Å². The normalized spacial score (nSPS) is 15.7. The molecule has 4 rings (SSSR count). The number of thioether (sulfide) groups is 1. The van der Waals surface area contributed by atoms with E-state index < -0.39 is 0 Å². The summed E-state index contributed by atoms with van der Waals surface area (Å²) in [5, 5.41) is 3.72. The van der Waals surface area contributed by atoms with Gasteiger partial charge in [0.1, 0.15) is 11.0 Å². The molecule has 35 heavy (non-hydrogen) atoms. The van der Waals surface area contributed by atoms with E-state index in [9.17, 15) is 9.59 Å². The van der Waals surface area contributed by atoms with E-state index in [-0.39, 0.29) is 23.6 Å². The molecule has 1 fully saturated rings. The zero-order valence-corrected chi connectivity index (χ0v) is 21.1. The predicted molar refractivity (Wildman–Crippen MR) is 140 cm³/mol. The van der Waals surface area contributed by atoms with Gasteiger partial charge in [-0.15, -0.1) is 0 Å². The van der Waals surface area contributed by atoms with E-state index in [1.807, 2.05) is 72.5 Å². The first-order chi connectivity index (χ1) is 17.0. The first-order valence-electron chi connectivity index (χ1n) is 11.6. The molecule has 0 saturated carbocycles. The predicted octanol–water partition coefficient (Wildman–Crippen LogP) is 3.93. The summed E-state index contributed by atoms with van der Waals surface area (Å²) in [7, 11) is 0. The highest BCUT2D eigenvalue weighted by atomic mass is 35.5. The molecule has 1 saturated heterocycles. The van der Waals surface area contributed by atoms with Crippen molar-refractivity contribution in [2.24, 2.45) is 0 Å². The molecule has 0 radical (unpaired) electrons. The molecule has 1 aliphatic rings. The average Bonchev–Trinajstić information content (AvgIpc) is 2.88. The molecular formula is C26H28ClN5O2S. The minimum absolute atomic E-state index is 0.0108. The lowest BCUT2D eigenvalue weighted by molar-refractivity contribution is -0.118. The van der Waals surface area contributed by atoms with Crippen molar-refractivity contribution < 1.29 is 9.59 Å². The zero-order chi connectivity index (χ0) is 24.6. The Morgan fingerprint density at radius 1 is 1.06 bits per heavy atom. The van der Waals surface area contributed by atoms with Gasteiger partial charge in [0.15, 0.2) is 5.16 Å². The molecule has 2 amide bonds. The van der Waals surface area contributed by atoms with E-state index in [1.54, 1.807) is 6.07 Å². The second-order valence-electron chi connectivity index (χ2n) is 8.37. The molecule has 2 aromatic carbocycles. The Bertz CT molecular complexity index is 1150. The standard InChI is InChI=1S/C26H28ClN5O2S/c1-19-17-31(14-15-32(19)25(34)21-10-6-3-7-11-21)23-16-22(27)29-26(30-23)35-18-24(33)28-13-12-20-8-4-2-5-9-20/h2-11,16,19H,12-15,17-18H2,1H3,(H,28,33). The van der Waals surface area contributed by atoms with Gasteiger partial charge in [0, 0.05) is 43.9 Å². The quantitative estimate of drug-likeness (QED) is 0.281. The topological polar surface area (TPSA) is 78.4 Å². The number of anilines is 1. The fraction of sp³-hybridized carbons (Fsp3) is 0.308. The van der Waals surface area contributed by atoms with E-state index >= 15 is 0 Å². The summed E-state index contributed by atoms with van der Waals surface area (Å²) in [6.45, 7) is 4.47. The van der Waals surface area contributed by atoms with Crippen LogP contribution in [0.15, 0.2) is 71.9 Å². The number of hydrogen-bond donors (Lipinski definition) is 1. The lowest BCUT2D eigenvalue weighted by Gasteiger charge is -2.40. The van der Waals surface area contributed by atoms with Gasteiger partial charge in [-0.1, -0.05) is 71.9 Å². The summed E-state index contributed by atoms with van der Waals surface area (Å²) >= 11 is 7.54. The fourth-order valence-electron chi connectivity index (χ4n) is 4.00. The summed E-state index contributed by atoms with van der Waals surface area (Å²) in [6, 6.07) is 21.1. The van der Waals surface area contributed by atoms with Crippen molar-refractivity contribution >= 4 is 41.0 Å². The zero-order valence-electron chi connectivity index (χ0n) is 19.6. The summed E-state index contributed by atoms with van der Waals surface area (Å²) in [5.41, 5.74) is 1.88. The molecule has 0 aliphatic carbocycles. The molecule has 2 heterocycles. The van der Waals surface area contributed by atoms with Gasteiger partial charge in [0.2, 0.25) is 5.91 Å². The summed E-state index contributed by atoms with van der Waals surface area (Å²) in [6.07, 6.45) is 0.784. The summed E-state index contributed by atoms with van der Waals surface area (Å²) < 4.78 is 0. The second-order valence-corrected chi connectivity index (χ2v) is 9.70. The number of rotatable bonds is 8. The van der Waals surface area contributed by atoms with Gasteiger partial charge in [0.05, 0.1) is 5.75 Å². The highest BCUT2D eigenvalue weighted by Gasteiger charge is 2.29. The van der Waals surface area contributed by atoms with Gasteiger partial charge in [-0.2, -0.15) is 0 Å². The lowest BCUT2D eigenvalue weighted by atomic mass is 10.1. The maximum absolute atomic E-state index is 12.9. The van der Waals surface area contributed by atoms with Gasteiger partial charge in [-0.3, -0.25) is 9.59 Å². The van der Waals surface area contributed by atoms with Crippen molar-refractivity contribution in [3.63, 3.8) is 0 Å². The molecule has 3 aromatic rings. The number of piperazine rings is 1. The molecule has 0 spiro atoms. The van der Waals surface area contributed by atoms with Gasteiger partial charge < -0.3 is 15.1 Å². The molecule has 1 atom stereocenters. The molecule has 1 aromatic heterocycles. The van der Waals surface area contributed by atoms with Crippen molar-refractivity contribution in [2.75, 3.05) is 36.8 Å². The Kier molecular flexibility index (Phi) is 8.60. The maximum Gasteiger partial charge on any atom is 0.254 e. The number of amides is 2. The van der Waals surface area contributed by atoms with E-state index in [2.05, 4.69) is 20.2 Å². The average molecular weight is 510 g/mol. The Labute approximate surface area is 214 Å². The molecule has 182 valence electrons. The van der Waals surface area contributed by atoms with Gasteiger partial charge in [-0.25, -0.2) is 9.97 Å². The van der Waals surface area contributed by atoms with Crippen LogP contribution in [0.5, 0.6) is 0 Å². The van der Waals surface area contributed by atoms with Crippen LogP contribution in [0.2, 0.25) is 5.15 Å². The fourth-order valence-corrected chi connectivity index (χ4v) is 4.91. The maximum atomic E-state index is 12.9. The number of hydrogen-bond acceptors (Lipinski definition) is 6. The largest absolute Gasteiger partial charge is 0.355 e. The third kappa shape index (κ3) is 6.96. The number of nitrogens with zero attached hydrogens (tertiary/aromatic N) is 4. The Morgan fingerprint density at radius 2 is 1.77 bits per heavy atom. The molecule has 1 unspecified atom stereocenters. The van der Waals surface area contributed by atoms with Gasteiger partial charge in [-0.05, 0) is 31.0 Å². The van der Waals surface area contributed by atoms with Crippen LogP contribution in [-0.4, -0.2) is 64.7 Å². The minimum atomic E-state index is -0.0716. The van der Waals surface area contributed by atoms with Crippen molar-refractivity contribution in [3.05, 3.63) is 83.0 Å². The van der Waals surface area contributed by atoms with Crippen LogP contribution in [-0.2, 0) is 11.2 Å². The first-order valence-corrected chi connectivity index (χ1v) is 12.9. The van der Waals surface area contributed by atoms with E-state index in [0.717, 1.165) is 6.42 Å². The highest BCUT2D eigenvalue weighted by Crippen LogP contribution is 2.24. The summed E-state index contributed by atoms with van der Waals surface area (Å²) in [5.74, 6) is 0.881. The van der Waals surface area contributed by atoms with Gasteiger partial charge in [0.25, 0.3) is 5.91 Å². The number of halogens is 1. The van der Waals surface area contributed by atoms with Crippen LogP contribution in [0.25, 0.3) is 0 Å². The van der Waals surface area contributed by atoms with E-state index in [4.69, 9.17) is 11.6 Å². The van der Waals surface area contributed by atoms with E-state index in [1.165, 1.54) is 17.3 Å². The number of aromatic nitrogens is 2. The lowest BCUT2D eigenvalue weighted by Crippen LogP contribution is -2.54. The van der Waals surface area contributed by atoms with Crippen molar-refractivity contribution in [2.45, 2.75) is 24.5 Å². The Hall–Kier alpha value is -3.10. The molecule has 0 bridgehead atoms. The number of nitrogens with one attached hydrogen (secondary N) is 1. The smallest absolute Gasteiger partial charge is 0.254 e. The highest BCUT2D eigenvalue weighted by molar-refractivity contribution is 7.99. The molecular weight excluding hydrogens is 482 g/mol. The van der Waals surface area contributed by atoms with Crippen molar-refractivity contribution in [1.82, 2.24) is 20.2 Å². The van der Waals surface area contributed by atoms with Gasteiger partial charge >= 0.3 is 0 Å². The third-order valence-electron chi connectivity index (χ3n) is 5.80. The molecule has 1 aliphatic heterocycles. The van der Waals surface area contributed by atoms with Crippen LogP contribution >= 0.6 is 23.4 Å². The van der Waals surface area contributed by atoms with Crippen LogP contribution in [0.3, 0.4) is 0 Å². The Morgan fingerprint density at radius 3 is 2.49 bits per heavy atom. The number of carbonyl (C=O) groups excluding carboxylic acids is 2. The molecule has 9 heteroatoms. The molecule has 1 N–H and O–H groups in total. The molecule has 7 nitrogen and oxygen atoms in total. The first kappa shape index (κ1) is 25.0. The Balaban J connectivity index is 1.30. The third-order valence-corrected chi connectivity index (χ3v) is 6.85. The minimum Gasteiger partial charge on any atom is -0.355 e. The van der Waals surface area contributed by atoms with E-state index in [0.29, 0.717) is 47.9 Å². The second kappa shape index (κ2) is 12.0. The number of carbonyl (C=O) groups is 2. The van der Waals surface area contributed by atoms with Crippen LogP contribution < -0.4 is 10.2 Å². The SMILES string of the molecule is CC1CN(c2cc(Cl)nc(SCC(=O)NCCc3ccccc3)n2)CCN1C(=O)c1ccccc1. The number of benzene rings is 2. The summed E-state index contributed by atoms with van der Waals surface area (Å²) in [4.78, 5) is 38.1.